The van der Waals surface area contributed by atoms with Gasteiger partial charge < -0.3 is 0 Å². The fourth-order valence-electron chi connectivity index (χ4n) is 0.951. The third kappa shape index (κ3) is 2.20. The van der Waals surface area contributed by atoms with Crippen LogP contribution in [0, 0.1) is 11.2 Å². The topological polar surface area (TPSA) is 23.9 Å². The average molecular weight is 203 g/mol. The largest absolute Gasteiger partial charge is 0.425 e. The van der Waals surface area contributed by atoms with Crippen molar-refractivity contribution >= 4 is 11.4 Å². The lowest BCUT2D eigenvalue weighted by Crippen LogP contribution is -2.11. The van der Waals surface area contributed by atoms with Crippen molar-refractivity contribution in [2.75, 3.05) is 0 Å². The molecule has 1 aromatic rings. The lowest BCUT2D eigenvalue weighted by Gasteiger charge is -2.08. The van der Waals surface area contributed by atoms with Gasteiger partial charge in [-0.05, 0) is 23.6 Å². The highest BCUT2D eigenvalue weighted by Crippen LogP contribution is 2.31. The third-order valence-electron chi connectivity index (χ3n) is 1.52. The van der Waals surface area contributed by atoms with Crippen LogP contribution in [0.4, 0.5) is 17.6 Å². The number of halogens is 4. The Labute approximate surface area is 77.2 Å². The predicted molar refractivity (Wildman–Crippen MR) is 43.6 cm³/mol. The Morgan fingerprint density at radius 1 is 1.29 bits per heavy atom. The molecular formula is C9H5F4N. The summed E-state index contributed by atoms with van der Waals surface area (Å²) < 4.78 is 49.2. The van der Waals surface area contributed by atoms with Gasteiger partial charge in [-0.25, -0.2) is 4.39 Å². The van der Waals surface area contributed by atoms with E-state index >= 15 is 0 Å². The minimum Gasteiger partial charge on any atom is -0.258 e. The fourth-order valence-corrected chi connectivity index (χ4v) is 0.951. The molecule has 14 heavy (non-hydrogen) atoms. The molecule has 0 aliphatic carbocycles. The number of hydrogen-bond donors (Lipinski definition) is 1. The quantitative estimate of drug-likeness (QED) is 0.535. The lowest BCUT2D eigenvalue weighted by atomic mass is 10.1. The van der Waals surface area contributed by atoms with Crippen molar-refractivity contribution in [1.82, 2.24) is 0 Å². The van der Waals surface area contributed by atoms with E-state index in [2.05, 4.69) is 0 Å². The summed E-state index contributed by atoms with van der Waals surface area (Å²) in [6.07, 6.45) is -4.68. The summed E-state index contributed by atoms with van der Waals surface area (Å²) in [4.78, 5) is 0. The average Bonchev–Trinajstić information content (AvgIpc) is 2.02. The second-order valence-electron chi connectivity index (χ2n) is 2.51. The van der Waals surface area contributed by atoms with Gasteiger partial charge in [0.15, 0.2) is 0 Å². The van der Waals surface area contributed by atoms with Crippen molar-refractivity contribution in [2.24, 2.45) is 0 Å². The summed E-state index contributed by atoms with van der Waals surface area (Å²) in [5.74, 6) is 0.482. The van der Waals surface area contributed by atoms with Gasteiger partial charge in [0.2, 0.25) is 0 Å². The molecule has 74 valence electrons. The summed E-state index contributed by atoms with van der Waals surface area (Å²) in [6.45, 7) is 0. The van der Waals surface area contributed by atoms with E-state index in [1.54, 1.807) is 0 Å². The Morgan fingerprint density at radius 2 is 1.93 bits per heavy atom. The molecule has 0 bridgehead atoms. The summed E-state index contributed by atoms with van der Waals surface area (Å²) in [6, 6.07) is 3.97. The number of nitrogens with one attached hydrogen (secondary N) is 1. The van der Waals surface area contributed by atoms with E-state index in [0.717, 1.165) is 18.2 Å². The first-order chi connectivity index (χ1) is 6.45. The molecule has 0 aromatic heterocycles. The molecule has 0 saturated heterocycles. The van der Waals surface area contributed by atoms with E-state index in [1.165, 1.54) is 5.87 Å². The van der Waals surface area contributed by atoms with Crippen LogP contribution in [0.3, 0.4) is 0 Å². The Balaban J connectivity index is 3.23. The van der Waals surface area contributed by atoms with Crippen molar-refractivity contribution in [2.45, 2.75) is 6.18 Å². The first kappa shape index (κ1) is 10.5. The second-order valence-corrected chi connectivity index (χ2v) is 2.51. The maximum absolute atomic E-state index is 12.6. The van der Waals surface area contributed by atoms with Gasteiger partial charge in [-0.1, -0.05) is 12.1 Å². The minimum absolute atomic E-state index is 0.396. The zero-order valence-corrected chi connectivity index (χ0v) is 6.82. The molecule has 1 nitrogen and oxygen atoms in total. The summed E-state index contributed by atoms with van der Waals surface area (Å²) in [7, 11) is 0. The van der Waals surface area contributed by atoms with Gasteiger partial charge in [-0.3, -0.25) is 5.41 Å². The van der Waals surface area contributed by atoms with Crippen molar-refractivity contribution in [1.29, 1.82) is 5.41 Å². The Morgan fingerprint density at radius 3 is 2.36 bits per heavy atom. The SMILES string of the molecule is N=C=C(c1cccc(F)c1)C(F)(F)F. The molecular weight excluding hydrogens is 198 g/mol. The van der Waals surface area contributed by atoms with Gasteiger partial charge in [0.05, 0.1) is 0 Å². The van der Waals surface area contributed by atoms with Crippen LogP contribution in [-0.4, -0.2) is 12.0 Å². The molecule has 0 fully saturated rings. The smallest absolute Gasteiger partial charge is 0.258 e. The summed E-state index contributed by atoms with van der Waals surface area (Å²) in [5.41, 5.74) is -1.68. The number of rotatable bonds is 1. The number of benzene rings is 1. The minimum atomic E-state index is -4.68. The van der Waals surface area contributed by atoms with E-state index in [4.69, 9.17) is 5.41 Å². The van der Waals surface area contributed by atoms with Crippen LogP contribution in [0.15, 0.2) is 24.3 Å². The standard InChI is InChI=1S/C9H5F4N/c10-7-3-1-2-6(4-7)8(5-14)9(11,12)13/h1-4,14H. The van der Waals surface area contributed by atoms with E-state index in [-0.39, 0.29) is 0 Å². The molecule has 1 rings (SSSR count). The normalized spacial score (nSPS) is 10.9. The van der Waals surface area contributed by atoms with Crippen LogP contribution in [0.1, 0.15) is 5.56 Å². The summed E-state index contributed by atoms with van der Waals surface area (Å²) >= 11 is 0. The van der Waals surface area contributed by atoms with Gasteiger partial charge in [-0.15, -0.1) is 0 Å². The molecule has 0 spiro atoms. The Kier molecular flexibility index (Phi) is 2.72. The number of allylic oxidation sites excluding steroid dienone is 1. The third-order valence-corrected chi connectivity index (χ3v) is 1.52. The van der Waals surface area contributed by atoms with Gasteiger partial charge >= 0.3 is 6.18 Å². The first-order valence-electron chi connectivity index (χ1n) is 3.58. The van der Waals surface area contributed by atoms with Gasteiger partial charge in [0.25, 0.3) is 0 Å². The highest BCUT2D eigenvalue weighted by molar-refractivity contribution is 5.91. The van der Waals surface area contributed by atoms with Crippen molar-refractivity contribution in [3.63, 3.8) is 0 Å². The first-order valence-corrected chi connectivity index (χ1v) is 3.58. The second kappa shape index (κ2) is 3.64. The molecule has 1 aromatic carbocycles. The Hall–Kier alpha value is -1.61. The molecule has 0 unspecified atom stereocenters. The van der Waals surface area contributed by atoms with Crippen LogP contribution in [0.2, 0.25) is 0 Å². The van der Waals surface area contributed by atoms with Crippen LogP contribution < -0.4 is 0 Å². The van der Waals surface area contributed by atoms with Crippen LogP contribution >= 0.6 is 0 Å². The predicted octanol–water partition coefficient (Wildman–Crippen LogP) is 3.02. The molecule has 0 saturated carbocycles. The number of alkyl halides is 3. The molecule has 0 atom stereocenters. The summed E-state index contributed by atoms with van der Waals surface area (Å²) in [5, 5.41) is 6.49. The zero-order chi connectivity index (χ0) is 10.8. The molecule has 0 aliphatic rings. The number of hydrogen-bond acceptors (Lipinski definition) is 1. The van der Waals surface area contributed by atoms with E-state index in [9.17, 15) is 17.6 Å². The van der Waals surface area contributed by atoms with Gasteiger partial charge in [-0.2, -0.15) is 13.2 Å². The molecule has 1 N–H and O–H groups in total. The highest BCUT2D eigenvalue weighted by atomic mass is 19.4. The van der Waals surface area contributed by atoms with Crippen LogP contribution in [0.5, 0.6) is 0 Å². The Bertz CT molecular complexity index is 388. The monoisotopic (exact) mass is 203 g/mol. The van der Waals surface area contributed by atoms with Gasteiger partial charge in [0.1, 0.15) is 11.4 Å². The van der Waals surface area contributed by atoms with Crippen LogP contribution in [-0.2, 0) is 0 Å². The zero-order valence-electron chi connectivity index (χ0n) is 6.82. The molecule has 0 amide bonds. The highest BCUT2D eigenvalue weighted by Gasteiger charge is 2.35. The van der Waals surface area contributed by atoms with Gasteiger partial charge in [0, 0.05) is 0 Å². The van der Waals surface area contributed by atoms with E-state index < -0.39 is 23.1 Å². The maximum Gasteiger partial charge on any atom is 0.425 e. The molecule has 5 heteroatoms. The van der Waals surface area contributed by atoms with Crippen LogP contribution in [0.25, 0.3) is 5.57 Å². The van der Waals surface area contributed by atoms with Crippen molar-refractivity contribution in [3.8, 4) is 0 Å². The van der Waals surface area contributed by atoms with Crippen molar-refractivity contribution in [3.05, 3.63) is 35.6 Å². The van der Waals surface area contributed by atoms with E-state index in [0.29, 0.717) is 6.07 Å². The molecule has 0 heterocycles. The molecule has 0 aliphatic heterocycles. The lowest BCUT2D eigenvalue weighted by molar-refractivity contribution is -0.0679. The fraction of sp³-hybridized carbons (Fsp3) is 0.111. The van der Waals surface area contributed by atoms with E-state index in [1.807, 2.05) is 0 Å². The maximum atomic E-state index is 12.6. The molecule has 0 radical (unpaired) electrons. The van der Waals surface area contributed by atoms with Crippen molar-refractivity contribution < 1.29 is 17.6 Å².